The van der Waals surface area contributed by atoms with Gasteiger partial charge in [-0.15, -0.1) is 0 Å². The number of aliphatic hydroxyl groups is 1. The van der Waals surface area contributed by atoms with E-state index in [9.17, 15) is 14.3 Å². The number of thiocarbonyl (C=S) groups is 1. The van der Waals surface area contributed by atoms with Gasteiger partial charge in [0, 0.05) is 12.6 Å². The number of methoxy groups -OCH3 is 1. The highest BCUT2D eigenvalue weighted by Gasteiger charge is 2.26. The molecule has 0 aliphatic carbocycles. The summed E-state index contributed by atoms with van der Waals surface area (Å²) in [5.41, 5.74) is 0.0156. The molecule has 6 nitrogen and oxygen atoms in total. The Balaban J connectivity index is 2.17. The second kappa shape index (κ2) is 7.76. The lowest BCUT2D eigenvalue weighted by Crippen LogP contribution is -2.40. The molecule has 1 aliphatic heterocycles. The van der Waals surface area contributed by atoms with Gasteiger partial charge in [0.15, 0.2) is 10.9 Å². The van der Waals surface area contributed by atoms with E-state index in [0.29, 0.717) is 6.54 Å². The number of ether oxygens (including phenoxy) is 2. The summed E-state index contributed by atoms with van der Waals surface area (Å²) in [5, 5.41) is 12.3. The van der Waals surface area contributed by atoms with Crippen LogP contribution >= 0.6 is 23.8 Å². The van der Waals surface area contributed by atoms with Crippen molar-refractivity contribution in [3.05, 3.63) is 23.0 Å². The van der Waals surface area contributed by atoms with Crippen molar-refractivity contribution in [2.24, 2.45) is 0 Å². The van der Waals surface area contributed by atoms with Crippen molar-refractivity contribution in [1.29, 1.82) is 0 Å². The molecule has 2 rings (SSSR count). The summed E-state index contributed by atoms with van der Waals surface area (Å²) in [6.45, 7) is 0.652. The zero-order chi connectivity index (χ0) is 17.0. The van der Waals surface area contributed by atoms with E-state index in [4.69, 9.17) is 28.6 Å². The molecule has 9 heteroatoms. The number of halogens is 2. The van der Waals surface area contributed by atoms with Gasteiger partial charge in [-0.05, 0) is 31.1 Å². The zero-order valence-electron chi connectivity index (χ0n) is 12.3. The average molecular weight is 363 g/mol. The van der Waals surface area contributed by atoms with Crippen LogP contribution in [-0.4, -0.2) is 47.6 Å². The van der Waals surface area contributed by atoms with Crippen molar-refractivity contribution in [2.45, 2.75) is 18.9 Å². The van der Waals surface area contributed by atoms with Gasteiger partial charge >= 0.3 is 6.16 Å². The molecular formula is C14H16ClFN2O4S. The van der Waals surface area contributed by atoms with Crippen molar-refractivity contribution in [2.75, 3.05) is 25.6 Å². The molecule has 1 aromatic carbocycles. The first-order valence-corrected chi connectivity index (χ1v) is 7.68. The van der Waals surface area contributed by atoms with Crippen LogP contribution in [0, 0.1) is 5.82 Å². The molecule has 0 aromatic heterocycles. The Labute approximate surface area is 143 Å². The van der Waals surface area contributed by atoms with E-state index >= 15 is 0 Å². The van der Waals surface area contributed by atoms with Crippen molar-refractivity contribution in [1.82, 2.24) is 4.90 Å². The molecule has 1 unspecified atom stereocenters. The van der Waals surface area contributed by atoms with Crippen LogP contribution in [0.15, 0.2) is 12.1 Å². The van der Waals surface area contributed by atoms with E-state index in [0.717, 1.165) is 26.0 Å². The molecule has 0 amide bonds. The van der Waals surface area contributed by atoms with Crippen molar-refractivity contribution in [3.63, 3.8) is 0 Å². The standard InChI is InChI=1S/C14H16ClFN2O4S/c1-21-14(20)22-12-6-11(10(16)5-9(12)15)17-13(23)18-4-2-3-8(18)7-19/h5-6,8,19H,2-4,7H2,1H3,(H,17,23). The van der Waals surface area contributed by atoms with Gasteiger partial charge in [0.2, 0.25) is 0 Å². The second-order valence-corrected chi connectivity index (χ2v) is 5.71. The number of anilines is 1. The first-order valence-electron chi connectivity index (χ1n) is 6.89. The van der Waals surface area contributed by atoms with E-state index in [1.54, 1.807) is 4.90 Å². The molecule has 1 fully saturated rings. The molecule has 0 bridgehead atoms. The van der Waals surface area contributed by atoms with Crippen molar-refractivity contribution < 1.29 is 23.8 Å². The van der Waals surface area contributed by atoms with Crippen LogP contribution in [0.25, 0.3) is 0 Å². The topological polar surface area (TPSA) is 71.0 Å². The van der Waals surface area contributed by atoms with Crippen LogP contribution in [0.4, 0.5) is 14.9 Å². The molecule has 23 heavy (non-hydrogen) atoms. The molecule has 1 atom stereocenters. The number of nitrogens with one attached hydrogen (secondary N) is 1. The van der Waals surface area contributed by atoms with Crippen LogP contribution in [-0.2, 0) is 4.74 Å². The molecule has 126 valence electrons. The molecule has 0 radical (unpaired) electrons. The highest BCUT2D eigenvalue weighted by Crippen LogP contribution is 2.31. The van der Waals surface area contributed by atoms with E-state index in [2.05, 4.69) is 10.1 Å². The van der Waals surface area contributed by atoms with Gasteiger partial charge in [-0.2, -0.15) is 0 Å². The Hall–Kier alpha value is -1.64. The largest absolute Gasteiger partial charge is 0.513 e. The number of carbonyl (C=O) groups is 1. The fourth-order valence-electron chi connectivity index (χ4n) is 2.31. The number of hydrogen-bond donors (Lipinski definition) is 2. The number of nitrogens with zero attached hydrogens (tertiary/aromatic N) is 1. The maximum absolute atomic E-state index is 14.0. The minimum Gasteiger partial charge on any atom is -0.437 e. The minimum atomic E-state index is -0.966. The Kier molecular flexibility index (Phi) is 5.97. The maximum Gasteiger partial charge on any atom is 0.513 e. The van der Waals surface area contributed by atoms with Crippen LogP contribution < -0.4 is 10.1 Å². The smallest absolute Gasteiger partial charge is 0.437 e. The van der Waals surface area contributed by atoms with Crippen LogP contribution in [0.2, 0.25) is 5.02 Å². The number of rotatable bonds is 3. The van der Waals surface area contributed by atoms with E-state index in [1.807, 2.05) is 0 Å². The summed E-state index contributed by atoms with van der Waals surface area (Å²) in [5.74, 6) is -0.695. The van der Waals surface area contributed by atoms with Crippen LogP contribution in [0.3, 0.4) is 0 Å². The molecule has 1 aliphatic rings. The third kappa shape index (κ3) is 4.21. The van der Waals surface area contributed by atoms with Gasteiger partial charge in [-0.3, -0.25) is 0 Å². The van der Waals surface area contributed by atoms with Gasteiger partial charge in [0.1, 0.15) is 5.82 Å². The van der Waals surface area contributed by atoms with Gasteiger partial charge in [0.25, 0.3) is 0 Å². The summed E-state index contributed by atoms with van der Waals surface area (Å²) < 4.78 is 23.2. The molecule has 1 aromatic rings. The third-order valence-electron chi connectivity index (χ3n) is 3.47. The SMILES string of the molecule is COC(=O)Oc1cc(NC(=S)N2CCCC2CO)c(F)cc1Cl. The van der Waals surface area contributed by atoms with Gasteiger partial charge in [0.05, 0.1) is 30.5 Å². The lowest BCUT2D eigenvalue weighted by molar-refractivity contribution is 0.121. The van der Waals surface area contributed by atoms with E-state index < -0.39 is 12.0 Å². The van der Waals surface area contributed by atoms with Gasteiger partial charge in [-0.25, -0.2) is 9.18 Å². The Bertz CT molecular complexity index is 617. The third-order valence-corrected chi connectivity index (χ3v) is 4.10. The Morgan fingerprint density at radius 2 is 2.35 bits per heavy atom. The normalized spacial score (nSPS) is 17.0. The summed E-state index contributed by atoms with van der Waals surface area (Å²) >= 11 is 11.1. The number of likely N-dealkylation sites (tertiary alicyclic amines) is 1. The molecule has 0 saturated carbocycles. The molecule has 1 saturated heterocycles. The second-order valence-electron chi connectivity index (χ2n) is 4.92. The first-order chi connectivity index (χ1) is 11.0. The lowest BCUT2D eigenvalue weighted by atomic mass is 10.2. The number of benzene rings is 1. The van der Waals surface area contributed by atoms with Crippen molar-refractivity contribution >= 4 is 40.8 Å². The minimum absolute atomic E-state index is 0.0156. The first kappa shape index (κ1) is 17.7. The Morgan fingerprint density at radius 3 is 3.00 bits per heavy atom. The highest BCUT2D eigenvalue weighted by atomic mass is 35.5. The van der Waals surface area contributed by atoms with Gasteiger partial charge in [-0.1, -0.05) is 11.6 Å². The number of aliphatic hydroxyl groups excluding tert-OH is 1. The quantitative estimate of drug-likeness (QED) is 0.486. The van der Waals surface area contributed by atoms with E-state index in [1.165, 1.54) is 6.07 Å². The van der Waals surface area contributed by atoms with Crippen LogP contribution in [0.1, 0.15) is 12.8 Å². The van der Waals surface area contributed by atoms with Gasteiger partial charge < -0.3 is 24.8 Å². The zero-order valence-corrected chi connectivity index (χ0v) is 13.9. The van der Waals surface area contributed by atoms with Crippen molar-refractivity contribution in [3.8, 4) is 5.75 Å². The summed E-state index contributed by atoms with van der Waals surface area (Å²) in [6, 6.07) is 2.15. The molecule has 1 heterocycles. The van der Waals surface area contributed by atoms with E-state index in [-0.39, 0.29) is 34.2 Å². The lowest BCUT2D eigenvalue weighted by Gasteiger charge is -2.26. The average Bonchev–Trinajstić information content (AvgIpc) is 3.00. The fourth-order valence-corrected chi connectivity index (χ4v) is 2.85. The fraction of sp³-hybridized carbons (Fsp3) is 0.429. The molecular weight excluding hydrogens is 347 g/mol. The summed E-state index contributed by atoms with van der Waals surface area (Å²) in [7, 11) is 1.15. The summed E-state index contributed by atoms with van der Waals surface area (Å²) in [4.78, 5) is 13.0. The number of hydrogen-bond acceptors (Lipinski definition) is 5. The molecule has 0 spiro atoms. The molecule has 2 N–H and O–H groups in total. The predicted molar refractivity (Wildman–Crippen MR) is 87.5 cm³/mol. The Morgan fingerprint density at radius 1 is 1.61 bits per heavy atom. The van der Waals surface area contributed by atoms with Crippen LogP contribution in [0.5, 0.6) is 5.75 Å². The predicted octanol–water partition coefficient (Wildman–Crippen LogP) is 2.78. The summed E-state index contributed by atoms with van der Waals surface area (Å²) in [6.07, 6.45) is 0.747. The monoisotopic (exact) mass is 362 g/mol. The number of carbonyl (C=O) groups excluding carboxylic acids is 1. The maximum atomic E-state index is 14.0. The highest BCUT2D eigenvalue weighted by molar-refractivity contribution is 7.80.